The van der Waals surface area contributed by atoms with Gasteiger partial charge < -0.3 is 9.47 Å². The fourth-order valence-corrected chi connectivity index (χ4v) is 3.40. The van der Waals surface area contributed by atoms with Gasteiger partial charge in [-0.2, -0.15) is 0 Å². The molecule has 0 N–H and O–H groups in total. The summed E-state index contributed by atoms with van der Waals surface area (Å²) < 4.78 is 47.7. The minimum Gasteiger partial charge on any atom is -0.460 e. The van der Waals surface area contributed by atoms with Crippen molar-refractivity contribution in [1.82, 2.24) is 14.8 Å². The Morgan fingerprint density at radius 3 is 2.28 bits per heavy atom. The molecule has 0 spiro atoms. The van der Waals surface area contributed by atoms with Gasteiger partial charge in [-0.15, -0.1) is 18.3 Å². The maximum absolute atomic E-state index is 12.3. The molecule has 6 nitrogen and oxygen atoms in total. The largest absolute Gasteiger partial charge is 0.573 e. The standard InChI is InChI=1S/C23H22F3N3O3/c1-22(2,3)32-21(30)19-12-18(19)14-4-6-15(7-5-14)20-27-13-29(28-20)16-8-10-17(11-9-16)31-23(24,25)26/h4-11,13,18-19H,12H2,1-3H3. The van der Waals surface area contributed by atoms with Gasteiger partial charge in [0.25, 0.3) is 0 Å². The third kappa shape index (κ3) is 5.27. The van der Waals surface area contributed by atoms with Crippen LogP contribution >= 0.6 is 0 Å². The fraction of sp³-hybridized carbons (Fsp3) is 0.348. The maximum atomic E-state index is 12.3. The Labute approximate surface area is 183 Å². The predicted molar refractivity (Wildman–Crippen MR) is 110 cm³/mol. The normalized spacial score (nSPS) is 18.3. The van der Waals surface area contributed by atoms with Gasteiger partial charge in [0.1, 0.15) is 17.7 Å². The van der Waals surface area contributed by atoms with Gasteiger partial charge in [0.05, 0.1) is 11.6 Å². The minimum absolute atomic E-state index is 0.110. The molecule has 1 saturated carbocycles. The fourth-order valence-electron chi connectivity index (χ4n) is 3.40. The van der Waals surface area contributed by atoms with Crippen LogP contribution in [0.5, 0.6) is 5.75 Å². The average molecular weight is 445 g/mol. The summed E-state index contributed by atoms with van der Waals surface area (Å²) >= 11 is 0. The molecule has 32 heavy (non-hydrogen) atoms. The number of hydrogen-bond donors (Lipinski definition) is 0. The molecule has 0 saturated heterocycles. The second-order valence-corrected chi connectivity index (χ2v) is 8.66. The lowest BCUT2D eigenvalue weighted by molar-refractivity contribution is -0.274. The highest BCUT2D eigenvalue weighted by Gasteiger charge is 2.46. The first kappa shape index (κ1) is 21.9. The van der Waals surface area contributed by atoms with Crippen LogP contribution < -0.4 is 4.74 Å². The summed E-state index contributed by atoms with van der Waals surface area (Å²) in [7, 11) is 0. The predicted octanol–water partition coefficient (Wildman–Crippen LogP) is 5.28. The number of aromatic nitrogens is 3. The number of hydrogen-bond acceptors (Lipinski definition) is 5. The first-order valence-corrected chi connectivity index (χ1v) is 10.1. The Bertz CT molecular complexity index is 1100. The molecular formula is C23H22F3N3O3. The number of alkyl halides is 3. The van der Waals surface area contributed by atoms with Crippen LogP contribution in [0, 0.1) is 5.92 Å². The second kappa shape index (κ2) is 7.96. The third-order valence-electron chi connectivity index (χ3n) is 4.92. The summed E-state index contributed by atoms with van der Waals surface area (Å²) in [5.74, 6) is 0.0517. The lowest BCUT2D eigenvalue weighted by Gasteiger charge is -2.19. The van der Waals surface area contributed by atoms with E-state index in [-0.39, 0.29) is 23.6 Å². The van der Waals surface area contributed by atoms with Crippen LogP contribution in [0.2, 0.25) is 0 Å². The van der Waals surface area contributed by atoms with E-state index in [1.165, 1.54) is 35.3 Å². The first-order valence-electron chi connectivity index (χ1n) is 10.1. The Morgan fingerprint density at radius 2 is 1.69 bits per heavy atom. The summed E-state index contributed by atoms with van der Waals surface area (Å²) in [6.45, 7) is 5.57. The van der Waals surface area contributed by atoms with Gasteiger partial charge in [-0.05, 0) is 62.9 Å². The number of carbonyl (C=O) groups excluding carboxylic acids is 1. The highest BCUT2D eigenvalue weighted by Crippen LogP contribution is 2.48. The quantitative estimate of drug-likeness (QED) is 0.500. The number of carbonyl (C=O) groups is 1. The summed E-state index contributed by atoms with van der Waals surface area (Å²) in [6, 6.07) is 13.0. The molecule has 1 aromatic heterocycles. The minimum atomic E-state index is -4.73. The molecule has 3 aromatic rings. The summed E-state index contributed by atoms with van der Waals surface area (Å²) in [4.78, 5) is 16.5. The van der Waals surface area contributed by atoms with Gasteiger partial charge in [0.2, 0.25) is 0 Å². The highest BCUT2D eigenvalue weighted by molar-refractivity contribution is 5.78. The molecule has 1 aliphatic carbocycles. The van der Waals surface area contributed by atoms with Crippen molar-refractivity contribution >= 4 is 5.97 Å². The molecule has 0 aliphatic heterocycles. The Hall–Kier alpha value is -3.36. The van der Waals surface area contributed by atoms with E-state index in [1.807, 2.05) is 45.0 Å². The molecule has 168 valence electrons. The van der Waals surface area contributed by atoms with Crippen LogP contribution in [-0.2, 0) is 9.53 Å². The second-order valence-electron chi connectivity index (χ2n) is 8.66. The van der Waals surface area contributed by atoms with Crippen LogP contribution in [0.4, 0.5) is 13.2 Å². The van der Waals surface area contributed by atoms with Crippen molar-refractivity contribution in [3.63, 3.8) is 0 Å². The van der Waals surface area contributed by atoms with Crippen molar-refractivity contribution in [2.75, 3.05) is 0 Å². The molecule has 0 bridgehead atoms. The Morgan fingerprint density at radius 1 is 1.03 bits per heavy atom. The van der Waals surface area contributed by atoms with E-state index in [4.69, 9.17) is 4.74 Å². The molecule has 2 aromatic carbocycles. The molecular weight excluding hydrogens is 423 g/mol. The topological polar surface area (TPSA) is 66.2 Å². The number of benzene rings is 2. The van der Waals surface area contributed by atoms with Crippen molar-refractivity contribution in [2.24, 2.45) is 5.92 Å². The van der Waals surface area contributed by atoms with E-state index < -0.39 is 12.0 Å². The van der Waals surface area contributed by atoms with Crippen molar-refractivity contribution in [3.8, 4) is 22.8 Å². The van der Waals surface area contributed by atoms with E-state index >= 15 is 0 Å². The van der Waals surface area contributed by atoms with E-state index in [0.29, 0.717) is 11.5 Å². The Kier molecular flexibility index (Phi) is 5.44. The lowest BCUT2D eigenvalue weighted by Crippen LogP contribution is -2.25. The number of halogens is 3. The maximum Gasteiger partial charge on any atom is 0.573 e. The first-order chi connectivity index (χ1) is 15.0. The van der Waals surface area contributed by atoms with E-state index in [1.54, 1.807) is 0 Å². The summed E-state index contributed by atoms with van der Waals surface area (Å²) in [5, 5.41) is 4.40. The smallest absolute Gasteiger partial charge is 0.460 e. The lowest BCUT2D eigenvalue weighted by atomic mass is 10.1. The monoisotopic (exact) mass is 445 g/mol. The van der Waals surface area contributed by atoms with E-state index in [0.717, 1.165) is 17.5 Å². The van der Waals surface area contributed by atoms with Crippen molar-refractivity contribution in [3.05, 3.63) is 60.4 Å². The molecule has 1 aliphatic rings. The highest BCUT2D eigenvalue weighted by atomic mass is 19.4. The summed E-state index contributed by atoms with van der Waals surface area (Å²) in [5.41, 5.74) is 1.90. The summed E-state index contributed by atoms with van der Waals surface area (Å²) in [6.07, 6.45) is -2.47. The van der Waals surface area contributed by atoms with E-state index in [2.05, 4.69) is 14.8 Å². The van der Waals surface area contributed by atoms with Crippen LogP contribution in [0.3, 0.4) is 0 Å². The molecule has 9 heteroatoms. The van der Waals surface area contributed by atoms with Gasteiger partial charge in [-0.3, -0.25) is 4.79 Å². The molecule has 1 heterocycles. The SMILES string of the molecule is CC(C)(C)OC(=O)C1CC1c1ccc(-c2ncn(-c3ccc(OC(F)(F)F)cc3)n2)cc1. The number of esters is 1. The number of ether oxygens (including phenoxy) is 2. The van der Waals surface area contributed by atoms with Crippen LogP contribution in [0.1, 0.15) is 38.7 Å². The molecule has 4 rings (SSSR count). The van der Waals surface area contributed by atoms with Gasteiger partial charge in [-0.1, -0.05) is 24.3 Å². The van der Waals surface area contributed by atoms with Crippen LogP contribution in [-0.4, -0.2) is 32.7 Å². The van der Waals surface area contributed by atoms with Gasteiger partial charge in [0.15, 0.2) is 5.82 Å². The van der Waals surface area contributed by atoms with Crippen LogP contribution in [0.15, 0.2) is 54.9 Å². The number of nitrogens with zero attached hydrogens (tertiary/aromatic N) is 3. The van der Waals surface area contributed by atoms with Gasteiger partial charge in [0, 0.05) is 5.56 Å². The van der Waals surface area contributed by atoms with Crippen molar-refractivity contribution in [1.29, 1.82) is 0 Å². The van der Waals surface area contributed by atoms with Crippen molar-refractivity contribution < 1.29 is 27.4 Å². The van der Waals surface area contributed by atoms with Gasteiger partial charge in [-0.25, -0.2) is 9.67 Å². The van der Waals surface area contributed by atoms with Crippen LogP contribution in [0.25, 0.3) is 17.1 Å². The van der Waals surface area contributed by atoms with Crippen molar-refractivity contribution in [2.45, 2.75) is 45.1 Å². The van der Waals surface area contributed by atoms with Gasteiger partial charge >= 0.3 is 12.3 Å². The Balaban J connectivity index is 1.41. The van der Waals surface area contributed by atoms with E-state index in [9.17, 15) is 18.0 Å². The molecule has 0 amide bonds. The molecule has 0 radical (unpaired) electrons. The zero-order valence-electron chi connectivity index (χ0n) is 17.8. The average Bonchev–Trinajstić information content (AvgIpc) is 3.35. The zero-order chi connectivity index (χ0) is 23.1. The molecule has 1 fully saturated rings. The molecule has 2 atom stereocenters. The molecule has 2 unspecified atom stereocenters. The number of rotatable bonds is 5. The zero-order valence-corrected chi connectivity index (χ0v) is 17.8. The third-order valence-corrected chi connectivity index (χ3v) is 4.92.